The van der Waals surface area contributed by atoms with Crippen molar-refractivity contribution in [1.82, 2.24) is 15.1 Å². The number of para-hydroxylation sites is 1. The van der Waals surface area contributed by atoms with Crippen molar-refractivity contribution in [2.45, 2.75) is 20.0 Å². The number of aromatic nitrogens is 2. The molecule has 0 atom stereocenters. The van der Waals surface area contributed by atoms with E-state index < -0.39 is 0 Å². The SMILES string of the molecule is CCn1ncc(Br)c1C(=O)NCc1ccccc1OC. The van der Waals surface area contributed by atoms with E-state index in [1.165, 1.54) is 0 Å². The second-order valence-corrected chi connectivity index (χ2v) is 5.01. The summed E-state index contributed by atoms with van der Waals surface area (Å²) in [4.78, 5) is 12.2. The summed E-state index contributed by atoms with van der Waals surface area (Å²) < 4.78 is 7.60. The highest BCUT2D eigenvalue weighted by Gasteiger charge is 2.16. The number of carbonyl (C=O) groups is 1. The number of hydrogen-bond acceptors (Lipinski definition) is 3. The first kappa shape index (κ1) is 14.6. The highest BCUT2D eigenvalue weighted by molar-refractivity contribution is 9.10. The highest BCUT2D eigenvalue weighted by atomic mass is 79.9. The van der Waals surface area contributed by atoms with Gasteiger partial charge < -0.3 is 10.1 Å². The Bertz CT molecular complexity index is 610. The van der Waals surface area contributed by atoms with Crippen molar-refractivity contribution in [2.75, 3.05) is 7.11 Å². The van der Waals surface area contributed by atoms with Gasteiger partial charge in [0.25, 0.3) is 5.91 Å². The van der Waals surface area contributed by atoms with Gasteiger partial charge in [0.15, 0.2) is 0 Å². The van der Waals surface area contributed by atoms with Crippen LogP contribution in [0, 0.1) is 0 Å². The standard InChI is InChI=1S/C14H16BrN3O2/c1-3-18-13(11(15)9-17-18)14(19)16-8-10-6-4-5-7-12(10)20-2/h4-7,9H,3,8H2,1-2H3,(H,16,19). The maximum Gasteiger partial charge on any atom is 0.271 e. The van der Waals surface area contributed by atoms with Gasteiger partial charge in [-0.25, -0.2) is 0 Å². The van der Waals surface area contributed by atoms with E-state index in [1.807, 2.05) is 31.2 Å². The lowest BCUT2D eigenvalue weighted by atomic mass is 10.2. The third-order valence-electron chi connectivity index (χ3n) is 2.94. The Labute approximate surface area is 126 Å². The zero-order valence-corrected chi connectivity index (χ0v) is 13.0. The summed E-state index contributed by atoms with van der Waals surface area (Å²) in [5.41, 5.74) is 1.46. The highest BCUT2D eigenvalue weighted by Crippen LogP contribution is 2.18. The number of methoxy groups -OCH3 is 1. The Hall–Kier alpha value is -1.82. The molecular formula is C14H16BrN3O2. The van der Waals surface area contributed by atoms with Gasteiger partial charge in [-0.05, 0) is 28.9 Å². The summed E-state index contributed by atoms with van der Waals surface area (Å²) in [6.45, 7) is 2.99. The molecule has 20 heavy (non-hydrogen) atoms. The molecule has 6 heteroatoms. The smallest absolute Gasteiger partial charge is 0.271 e. The summed E-state index contributed by atoms with van der Waals surface area (Å²) in [7, 11) is 1.61. The first-order valence-corrected chi connectivity index (χ1v) is 7.08. The number of halogens is 1. The van der Waals surface area contributed by atoms with Gasteiger partial charge in [0.05, 0.1) is 17.8 Å². The molecule has 0 aliphatic rings. The minimum absolute atomic E-state index is 0.165. The number of rotatable bonds is 5. The van der Waals surface area contributed by atoms with Crippen molar-refractivity contribution < 1.29 is 9.53 Å². The molecule has 0 aliphatic heterocycles. The molecule has 1 heterocycles. The quantitative estimate of drug-likeness (QED) is 0.912. The number of aryl methyl sites for hydroxylation is 1. The van der Waals surface area contributed by atoms with Crippen LogP contribution in [0.1, 0.15) is 23.0 Å². The van der Waals surface area contributed by atoms with E-state index in [1.54, 1.807) is 18.0 Å². The average Bonchev–Trinajstić information content (AvgIpc) is 2.86. The molecule has 0 aliphatic carbocycles. The summed E-state index contributed by atoms with van der Waals surface area (Å²) in [6.07, 6.45) is 1.63. The van der Waals surface area contributed by atoms with E-state index >= 15 is 0 Å². The van der Waals surface area contributed by atoms with Gasteiger partial charge in [0.1, 0.15) is 11.4 Å². The molecule has 0 radical (unpaired) electrons. The van der Waals surface area contributed by atoms with Crippen LogP contribution in [0.15, 0.2) is 34.9 Å². The fraction of sp³-hybridized carbons (Fsp3) is 0.286. The Morgan fingerprint density at radius 1 is 1.45 bits per heavy atom. The van der Waals surface area contributed by atoms with Crippen LogP contribution in [-0.4, -0.2) is 22.8 Å². The summed E-state index contributed by atoms with van der Waals surface area (Å²) in [6, 6.07) is 7.60. The van der Waals surface area contributed by atoms with Crippen LogP contribution < -0.4 is 10.1 Å². The van der Waals surface area contributed by atoms with Gasteiger partial charge in [0.2, 0.25) is 0 Å². The third kappa shape index (κ3) is 3.01. The van der Waals surface area contributed by atoms with Crippen molar-refractivity contribution in [2.24, 2.45) is 0 Å². The Morgan fingerprint density at radius 3 is 2.90 bits per heavy atom. The van der Waals surface area contributed by atoms with E-state index in [2.05, 4.69) is 26.3 Å². The predicted octanol–water partition coefficient (Wildman–Crippen LogP) is 2.60. The first-order chi connectivity index (χ1) is 9.67. The molecule has 2 aromatic rings. The number of carbonyl (C=O) groups excluding carboxylic acids is 1. The number of amides is 1. The fourth-order valence-electron chi connectivity index (χ4n) is 1.94. The minimum Gasteiger partial charge on any atom is -0.496 e. The second-order valence-electron chi connectivity index (χ2n) is 4.15. The molecule has 5 nitrogen and oxygen atoms in total. The topological polar surface area (TPSA) is 56.2 Å². The van der Waals surface area contributed by atoms with Crippen LogP contribution in [0.5, 0.6) is 5.75 Å². The molecule has 0 spiro atoms. The molecule has 0 saturated heterocycles. The van der Waals surface area contributed by atoms with Crippen molar-refractivity contribution in [3.8, 4) is 5.75 Å². The first-order valence-electron chi connectivity index (χ1n) is 6.28. The lowest BCUT2D eigenvalue weighted by Crippen LogP contribution is -2.26. The largest absolute Gasteiger partial charge is 0.496 e. The molecule has 1 amide bonds. The minimum atomic E-state index is -0.165. The number of benzene rings is 1. The number of ether oxygens (including phenoxy) is 1. The van der Waals surface area contributed by atoms with E-state index in [4.69, 9.17) is 4.74 Å². The van der Waals surface area contributed by atoms with E-state index in [9.17, 15) is 4.79 Å². The summed E-state index contributed by atoms with van der Waals surface area (Å²) in [5, 5.41) is 7.01. The van der Waals surface area contributed by atoms with Crippen LogP contribution >= 0.6 is 15.9 Å². The molecule has 0 fully saturated rings. The lowest BCUT2D eigenvalue weighted by molar-refractivity contribution is 0.0939. The third-order valence-corrected chi connectivity index (χ3v) is 3.52. The maximum atomic E-state index is 12.2. The molecule has 1 aromatic heterocycles. The summed E-state index contributed by atoms with van der Waals surface area (Å²) >= 11 is 3.34. The molecule has 106 valence electrons. The van der Waals surface area contributed by atoms with Gasteiger partial charge in [-0.1, -0.05) is 18.2 Å². The van der Waals surface area contributed by atoms with Crippen molar-refractivity contribution in [3.05, 3.63) is 46.2 Å². The molecule has 0 bridgehead atoms. The second kappa shape index (κ2) is 6.56. The molecule has 2 rings (SSSR count). The lowest BCUT2D eigenvalue weighted by Gasteiger charge is -2.10. The van der Waals surface area contributed by atoms with E-state index in [0.29, 0.717) is 23.3 Å². The normalized spacial score (nSPS) is 10.3. The molecule has 0 saturated carbocycles. The Balaban J connectivity index is 2.11. The van der Waals surface area contributed by atoms with E-state index in [0.717, 1.165) is 11.3 Å². The fourth-order valence-corrected chi connectivity index (χ4v) is 2.41. The Morgan fingerprint density at radius 2 is 2.20 bits per heavy atom. The van der Waals surface area contributed by atoms with Crippen LogP contribution in [0.25, 0.3) is 0 Å². The predicted molar refractivity (Wildman–Crippen MR) is 79.8 cm³/mol. The van der Waals surface area contributed by atoms with Crippen molar-refractivity contribution >= 4 is 21.8 Å². The van der Waals surface area contributed by atoms with Crippen LogP contribution in [0.3, 0.4) is 0 Å². The van der Waals surface area contributed by atoms with Gasteiger partial charge in [0, 0.05) is 18.7 Å². The van der Waals surface area contributed by atoms with Gasteiger partial charge in [-0.15, -0.1) is 0 Å². The average molecular weight is 338 g/mol. The number of nitrogens with one attached hydrogen (secondary N) is 1. The monoisotopic (exact) mass is 337 g/mol. The van der Waals surface area contributed by atoms with Crippen LogP contribution in [-0.2, 0) is 13.1 Å². The molecular weight excluding hydrogens is 322 g/mol. The van der Waals surface area contributed by atoms with Crippen LogP contribution in [0.4, 0.5) is 0 Å². The van der Waals surface area contributed by atoms with E-state index in [-0.39, 0.29) is 5.91 Å². The molecule has 0 unspecified atom stereocenters. The van der Waals surface area contributed by atoms with Crippen molar-refractivity contribution in [3.63, 3.8) is 0 Å². The van der Waals surface area contributed by atoms with Gasteiger partial charge in [-0.3, -0.25) is 9.48 Å². The van der Waals surface area contributed by atoms with Crippen molar-refractivity contribution in [1.29, 1.82) is 0 Å². The molecule has 1 N–H and O–H groups in total. The van der Waals surface area contributed by atoms with Gasteiger partial charge >= 0.3 is 0 Å². The van der Waals surface area contributed by atoms with Crippen LogP contribution in [0.2, 0.25) is 0 Å². The Kier molecular flexibility index (Phi) is 4.79. The number of nitrogens with zero attached hydrogens (tertiary/aromatic N) is 2. The van der Waals surface area contributed by atoms with Gasteiger partial charge in [-0.2, -0.15) is 5.10 Å². The zero-order chi connectivity index (χ0) is 14.5. The number of hydrogen-bond donors (Lipinski definition) is 1. The maximum absolute atomic E-state index is 12.2. The summed E-state index contributed by atoms with van der Waals surface area (Å²) in [5.74, 6) is 0.595. The molecule has 1 aromatic carbocycles. The zero-order valence-electron chi connectivity index (χ0n) is 11.4.